The van der Waals surface area contributed by atoms with E-state index in [0.717, 1.165) is 19.3 Å². The van der Waals surface area contributed by atoms with Crippen molar-refractivity contribution in [3.05, 3.63) is 10.5 Å². The summed E-state index contributed by atoms with van der Waals surface area (Å²) in [4.78, 5) is 0.700. The highest BCUT2D eigenvalue weighted by molar-refractivity contribution is 7.83. The molecule has 3 aliphatic rings. The molecule has 0 N–H and O–H groups in total. The molecule has 2 bridgehead atoms. The molecule has 1 saturated carbocycles. The molecular weight excluding hydrogens is 172 g/mol. The largest absolute Gasteiger partial charge is 0.769 e. The van der Waals surface area contributed by atoms with Gasteiger partial charge in [0.25, 0.3) is 0 Å². The average Bonchev–Trinajstić information content (AvgIpc) is 1.91. The van der Waals surface area contributed by atoms with Crippen LogP contribution in [0.4, 0.5) is 0 Å². The van der Waals surface area contributed by atoms with E-state index in [4.69, 9.17) is 0 Å². The van der Waals surface area contributed by atoms with Crippen molar-refractivity contribution in [3.63, 3.8) is 0 Å². The highest BCUT2D eigenvalue weighted by Gasteiger charge is 2.46. The fraction of sp³-hybridized carbons (Fsp3) is 0.778. The van der Waals surface area contributed by atoms with Crippen LogP contribution in [0.5, 0.6) is 0 Å². The molecule has 3 heteroatoms. The maximum atomic E-state index is 10.8. The second kappa shape index (κ2) is 2.42. The number of allylic oxidation sites excluding steroid dienone is 2. The maximum absolute atomic E-state index is 10.8. The van der Waals surface area contributed by atoms with Crippen LogP contribution in [0.25, 0.3) is 0 Å². The molecule has 68 valence electrons. The van der Waals surface area contributed by atoms with E-state index in [0.29, 0.717) is 16.2 Å². The normalized spacial score (nSPS) is 42.4. The van der Waals surface area contributed by atoms with E-state index in [9.17, 15) is 8.76 Å². The quantitative estimate of drug-likeness (QED) is 0.586. The second-order valence-electron chi connectivity index (χ2n) is 4.37. The second-order valence-corrected chi connectivity index (χ2v) is 5.34. The molecule has 0 aromatic rings. The Bertz CT molecular complexity index is 272. The number of rotatable bonds is 1. The van der Waals surface area contributed by atoms with Gasteiger partial charge in [-0.2, -0.15) is 0 Å². The molecule has 0 heterocycles. The van der Waals surface area contributed by atoms with E-state index >= 15 is 0 Å². The number of hydrogen-bond acceptors (Lipinski definition) is 2. The third-order valence-electron chi connectivity index (χ3n) is 3.51. The Balaban J connectivity index is 2.31. The molecule has 2 atom stereocenters. The molecule has 0 radical (unpaired) electrons. The average molecular weight is 185 g/mol. The summed E-state index contributed by atoms with van der Waals surface area (Å²) in [6.07, 6.45) is 2.79. The Morgan fingerprint density at radius 2 is 2.17 bits per heavy atom. The van der Waals surface area contributed by atoms with E-state index in [2.05, 4.69) is 13.8 Å². The van der Waals surface area contributed by atoms with Crippen molar-refractivity contribution in [2.45, 2.75) is 33.1 Å². The van der Waals surface area contributed by atoms with Crippen molar-refractivity contribution in [2.24, 2.45) is 11.3 Å². The first-order valence-corrected chi connectivity index (χ1v) is 5.40. The Kier molecular flexibility index (Phi) is 1.70. The van der Waals surface area contributed by atoms with Gasteiger partial charge in [0.1, 0.15) is 0 Å². The third-order valence-corrected chi connectivity index (χ3v) is 4.37. The smallest absolute Gasteiger partial charge is 0.00193 e. The topological polar surface area (TPSA) is 40.1 Å². The predicted molar refractivity (Wildman–Crippen MR) is 47.1 cm³/mol. The van der Waals surface area contributed by atoms with E-state index in [-0.39, 0.29) is 0 Å². The molecule has 3 aliphatic carbocycles. The van der Waals surface area contributed by atoms with Gasteiger partial charge >= 0.3 is 0 Å². The van der Waals surface area contributed by atoms with Crippen molar-refractivity contribution >= 4 is 11.1 Å². The zero-order valence-electron chi connectivity index (χ0n) is 7.42. The molecule has 12 heavy (non-hydrogen) atoms. The van der Waals surface area contributed by atoms with Crippen LogP contribution in [-0.4, -0.2) is 8.76 Å². The summed E-state index contributed by atoms with van der Waals surface area (Å²) in [7, 11) is 0. The molecule has 0 spiro atoms. The molecule has 0 aromatic heterocycles. The van der Waals surface area contributed by atoms with Gasteiger partial charge in [-0.1, -0.05) is 19.4 Å². The van der Waals surface area contributed by atoms with Crippen LogP contribution in [-0.2, 0) is 11.1 Å². The van der Waals surface area contributed by atoms with Gasteiger partial charge in [0.15, 0.2) is 0 Å². The Hall–Kier alpha value is -0.150. The lowest BCUT2D eigenvalue weighted by Gasteiger charge is -2.52. The van der Waals surface area contributed by atoms with E-state index in [1.807, 2.05) is 0 Å². The highest BCUT2D eigenvalue weighted by atomic mass is 32.2. The van der Waals surface area contributed by atoms with Gasteiger partial charge in [-0.15, -0.1) is 0 Å². The van der Waals surface area contributed by atoms with Gasteiger partial charge in [-0.25, -0.2) is 0 Å². The van der Waals surface area contributed by atoms with Crippen LogP contribution in [0.3, 0.4) is 0 Å². The summed E-state index contributed by atoms with van der Waals surface area (Å²) < 4.78 is 21.6. The fourth-order valence-electron chi connectivity index (χ4n) is 2.32. The molecule has 0 amide bonds. The van der Waals surface area contributed by atoms with Crippen LogP contribution in [0, 0.1) is 11.3 Å². The summed E-state index contributed by atoms with van der Waals surface area (Å²) in [5.74, 6) is 0.530. The molecule has 2 nitrogen and oxygen atoms in total. The molecule has 2 unspecified atom stereocenters. The van der Waals surface area contributed by atoms with Crippen LogP contribution < -0.4 is 0 Å². The summed E-state index contributed by atoms with van der Waals surface area (Å²) >= 11 is -1.95. The standard InChI is InChI=1S/C9H14O2S/c1-6-3-8(12(10)11)7-4-9(6,2)5-7/h6H,3-5H2,1-2H3,(H,10,11)/p-1. The molecule has 0 saturated heterocycles. The first kappa shape index (κ1) is 8.45. The maximum Gasteiger partial charge on any atom is 0.00193 e. The summed E-state index contributed by atoms with van der Waals surface area (Å²) in [5, 5.41) is 0. The zero-order chi connectivity index (χ0) is 8.93. The van der Waals surface area contributed by atoms with Crippen LogP contribution in [0.2, 0.25) is 0 Å². The van der Waals surface area contributed by atoms with Gasteiger partial charge in [0.2, 0.25) is 0 Å². The van der Waals surface area contributed by atoms with E-state index in [1.54, 1.807) is 0 Å². The van der Waals surface area contributed by atoms with Crippen molar-refractivity contribution in [3.8, 4) is 0 Å². The van der Waals surface area contributed by atoms with Gasteiger partial charge in [0, 0.05) is 4.91 Å². The minimum absolute atomic E-state index is 0.415. The third kappa shape index (κ3) is 0.995. The monoisotopic (exact) mass is 185 g/mol. The Morgan fingerprint density at radius 1 is 1.58 bits per heavy atom. The molecule has 0 aromatic carbocycles. The van der Waals surface area contributed by atoms with Crippen molar-refractivity contribution in [1.29, 1.82) is 0 Å². The summed E-state index contributed by atoms with van der Waals surface area (Å²) in [5.41, 5.74) is 1.60. The first-order valence-electron chi connectivity index (χ1n) is 4.33. The lowest BCUT2D eigenvalue weighted by Crippen LogP contribution is -2.40. The molecule has 3 rings (SSSR count). The predicted octanol–water partition coefficient (Wildman–Crippen LogP) is 1.96. The Labute approximate surface area is 75.3 Å². The Morgan fingerprint density at radius 3 is 2.58 bits per heavy atom. The van der Waals surface area contributed by atoms with Gasteiger partial charge in [-0.3, -0.25) is 4.21 Å². The van der Waals surface area contributed by atoms with Crippen LogP contribution >= 0.6 is 0 Å². The van der Waals surface area contributed by atoms with Crippen LogP contribution in [0.1, 0.15) is 33.1 Å². The zero-order valence-corrected chi connectivity index (χ0v) is 8.24. The van der Waals surface area contributed by atoms with Gasteiger partial charge in [0.05, 0.1) is 0 Å². The highest BCUT2D eigenvalue weighted by Crippen LogP contribution is 2.57. The minimum atomic E-state index is -1.95. The summed E-state index contributed by atoms with van der Waals surface area (Å²) in [6.45, 7) is 4.41. The number of hydrogen-bond donors (Lipinski definition) is 0. The molecule has 0 aliphatic heterocycles. The minimum Gasteiger partial charge on any atom is -0.769 e. The lowest BCUT2D eigenvalue weighted by atomic mass is 9.56. The SMILES string of the molecule is CC1CC(S(=O)[O-])=C2CC1(C)C2. The van der Waals surface area contributed by atoms with E-state index < -0.39 is 11.1 Å². The van der Waals surface area contributed by atoms with Crippen molar-refractivity contribution in [1.82, 2.24) is 0 Å². The summed E-state index contributed by atoms with van der Waals surface area (Å²) in [6, 6.07) is 0. The van der Waals surface area contributed by atoms with E-state index in [1.165, 1.54) is 5.57 Å². The number of fused-ring (bicyclic) bond motifs is 2. The fourth-order valence-corrected chi connectivity index (χ4v) is 3.09. The van der Waals surface area contributed by atoms with Crippen molar-refractivity contribution < 1.29 is 8.76 Å². The van der Waals surface area contributed by atoms with Crippen LogP contribution in [0.15, 0.2) is 10.5 Å². The van der Waals surface area contributed by atoms with Crippen molar-refractivity contribution in [2.75, 3.05) is 0 Å². The lowest BCUT2D eigenvalue weighted by molar-refractivity contribution is 0.118. The molecule has 1 fully saturated rings. The molecular formula is C9H13O2S-. The first-order chi connectivity index (χ1) is 5.53. The van der Waals surface area contributed by atoms with Gasteiger partial charge in [-0.05, 0) is 41.7 Å². The van der Waals surface area contributed by atoms with Gasteiger partial charge < -0.3 is 4.55 Å².